The highest BCUT2D eigenvalue weighted by Gasteiger charge is 2.14. The number of aromatic nitrogens is 5. The first kappa shape index (κ1) is 15.5. The second-order valence-corrected chi connectivity index (χ2v) is 6.50. The molecule has 0 aliphatic rings. The van der Waals surface area contributed by atoms with Crippen LogP contribution in [-0.4, -0.2) is 24.5 Å². The second kappa shape index (κ2) is 6.78. The highest BCUT2D eigenvalue weighted by Crippen LogP contribution is 2.31. The molecule has 3 rings (SSSR count). The summed E-state index contributed by atoms with van der Waals surface area (Å²) in [6.07, 6.45) is 5.48. The van der Waals surface area contributed by atoms with Gasteiger partial charge in [-0.05, 0) is 26.0 Å². The predicted molar refractivity (Wildman–Crippen MR) is 89.4 cm³/mol. The molecule has 23 heavy (non-hydrogen) atoms. The number of pyridine rings is 1. The number of aryl methyl sites for hydroxylation is 1. The van der Waals surface area contributed by atoms with Crippen LogP contribution in [0.1, 0.15) is 29.4 Å². The van der Waals surface area contributed by atoms with Gasteiger partial charge in [0.15, 0.2) is 5.16 Å². The summed E-state index contributed by atoms with van der Waals surface area (Å²) in [5.74, 6) is 0.660. The molecular formula is C16H17N5OS. The van der Waals surface area contributed by atoms with Crippen molar-refractivity contribution in [3.63, 3.8) is 0 Å². The lowest BCUT2D eigenvalue weighted by atomic mass is 10.3. The molecule has 1 N–H and O–H groups in total. The SMILES string of the molecule is Cc1cc(=O)[nH]c(C(C)Sc2nccn2Cc2ccccn2)n1. The van der Waals surface area contributed by atoms with Crippen molar-refractivity contribution in [3.8, 4) is 0 Å². The van der Waals surface area contributed by atoms with Crippen molar-refractivity contribution in [1.29, 1.82) is 0 Å². The summed E-state index contributed by atoms with van der Waals surface area (Å²) in [5.41, 5.74) is 1.56. The smallest absolute Gasteiger partial charge is 0.251 e. The Bertz CT molecular complexity index is 843. The molecule has 0 aliphatic heterocycles. The third kappa shape index (κ3) is 3.87. The third-order valence-electron chi connectivity index (χ3n) is 3.29. The van der Waals surface area contributed by atoms with Gasteiger partial charge in [0, 0.05) is 30.4 Å². The van der Waals surface area contributed by atoms with Crippen molar-refractivity contribution in [2.75, 3.05) is 0 Å². The van der Waals surface area contributed by atoms with Gasteiger partial charge in [-0.15, -0.1) is 0 Å². The van der Waals surface area contributed by atoms with Gasteiger partial charge in [0.2, 0.25) is 0 Å². The largest absolute Gasteiger partial charge is 0.320 e. The first-order chi connectivity index (χ1) is 11.1. The molecule has 0 fully saturated rings. The van der Waals surface area contributed by atoms with Gasteiger partial charge in [0.1, 0.15) is 5.82 Å². The van der Waals surface area contributed by atoms with Gasteiger partial charge in [0.25, 0.3) is 5.56 Å². The van der Waals surface area contributed by atoms with Crippen LogP contribution in [0.4, 0.5) is 0 Å². The van der Waals surface area contributed by atoms with E-state index in [2.05, 4.69) is 19.9 Å². The number of hydrogen-bond donors (Lipinski definition) is 1. The molecule has 3 heterocycles. The standard InChI is InChI=1S/C16H17N5OS/c1-11-9-14(22)20-15(19-11)12(2)23-16-18-7-8-21(16)10-13-5-3-4-6-17-13/h3-9,12H,10H2,1-2H3,(H,19,20,22). The van der Waals surface area contributed by atoms with Crippen LogP contribution in [-0.2, 0) is 6.54 Å². The van der Waals surface area contributed by atoms with E-state index >= 15 is 0 Å². The van der Waals surface area contributed by atoms with Crippen LogP contribution in [0.3, 0.4) is 0 Å². The van der Waals surface area contributed by atoms with Crippen LogP contribution in [0.2, 0.25) is 0 Å². The number of imidazole rings is 1. The van der Waals surface area contributed by atoms with Gasteiger partial charge < -0.3 is 9.55 Å². The maximum atomic E-state index is 11.6. The first-order valence-electron chi connectivity index (χ1n) is 7.27. The van der Waals surface area contributed by atoms with Crippen LogP contribution in [0.25, 0.3) is 0 Å². The topological polar surface area (TPSA) is 76.5 Å². The summed E-state index contributed by atoms with van der Waals surface area (Å²) in [7, 11) is 0. The first-order valence-corrected chi connectivity index (χ1v) is 8.15. The molecule has 3 aromatic heterocycles. The average molecular weight is 327 g/mol. The molecule has 0 saturated heterocycles. The quantitative estimate of drug-likeness (QED) is 0.729. The van der Waals surface area contributed by atoms with Crippen molar-refractivity contribution >= 4 is 11.8 Å². The summed E-state index contributed by atoms with van der Waals surface area (Å²) in [5, 5.41) is 0.861. The second-order valence-electron chi connectivity index (χ2n) is 5.19. The molecule has 0 aliphatic carbocycles. The van der Waals surface area contributed by atoms with Crippen molar-refractivity contribution in [2.45, 2.75) is 30.8 Å². The predicted octanol–water partition coefficient (Wildman–Crippen LogP) is 2.57. The Kier molecular flexibility index (Phi) is 4.57. The van der Waals surface area contributed by atoms with E-state index < -0.39 is 0 Å². The van der Waals surface area contributed by atoms with E-state index in [1.54, 1.807) is 24.2 Å². The molecule has 6 nitrogen and oxygen atoms in total. The van der Waals surface area contributed by atoms with Gasteiger partial charge in [-0.1, -0.05) is 17.8 Å². The maximum Gasteiger partial charge on any atom is 0.251 e. The monoisotopic (exact) mass is 327 g/mol. The van der Waals surface area contributed by atoms with E-state index in [1.807, 2.05) is 42.8 Å². The molecule has 0 bridgehead atoms. The maximum absolute atomic E-state index is 11.6. The van der Waals surface area contributed by atoms with E-state index in [0.717, 1.165) is 10.9 Å². The Hall–Kier alpha value is -2.41. The van der Waals surface area contributed by atoms with E-state index in [-0.39, 0.29) is 10.8 Å². The Morgan fingerprint density at radius 2 is 2.17 bits per heavy atom. The van der Waals surface area contributed by atoms with Crippen molar-refractivity contribution < 1.29 is 0 Å². The number of hydrogen-bond acceptors (Lipinski definition) is 5. The lowest BCUT2D eigenvalue weighted by Crippen LogP contribution is -2.12. The Morgan fingerprint density at radius 1 is 1.30 bits per heavy atom. The Balaban J connectivity index is 1.78. The molecule has 0 radical (unpaired) electrons. The molecule has 3 aromatic rings. The van der Waals surface area contributed by atoms with E-state index in [0.29, 0.717) is 18.1 Å². The molecule has 0 amide bonds. The molecule has 0 aromatic carbocycles. The third-order valence-corrected chi connectivity index (χ3v) is 4.42. The number of H-pyrrole nitrogens is 1. The highest BCUT2D eigenvalue weighted by molar-refractivity contribution is 7.99. The van der Waals surface area contributed by atoms with E-state index in [4.69, 9.17) is 0 Å². The number of thioether (sulfide) groups is 1. The molecule has 118 valence electrons. The van der Waals surface area contributed by atoms with Gasteiger partial charge in [-0.2, -0.15) is 0 Å². The minimum Gasteiger partial charge on any atom is -0.320 e. The number of aromatic amines is 1. The van der Waals surface area contributed by atoms with Gasteiger partial charge >= 0.3 is 0 Å². The van der Waals surface area contributed by atoms with Crippen LogP contribution < -0.4 is 5.56 Å². The summed E-state index contributed by atoms with van der Waals surface area (Å²) in [4.78, 5) is 27.5. The Morgan fingerprint density at radius 3 is 2.91 bits per heavy atom. The molecule has 0 saturated carbocycles. The normalized spacial score (nSPS) is 12.3. The molecule has 1 atom stereocenters. The van der Waals surface area contributed by atoms with Gasteiger partial charge in [-0.25, -0.2) is 9.97 Å². The van der Waals surface area contributed by atoms with Crippen LogP contribution in [0.15, 0.2) is 52.8 Å². The fourth-order valence-corrected chi connectivity index (χ4v) is 3.13. The molecular weight excluding hydrogens is 310 g/mol. The zero-order valence-corrected chi connectivity index (χ0v) is 13.7. The number of nitrogens with one attached hydrogen (secondary N) is 1. The van der Waals surface area contributed by atoms with E-state index in [1.165, 1.54) is 6.07 Å². The lowest BCUT2D eigenvalue weighted by molar-refractivity contribution is 0.691. The number of rotatable bonds is 5. The molecule has 1 unspecified atom stereocenters. The van der Waals surface area contributed by atoms with Crippen molar-refractivity contribution in [3.05, 3.63) is 70.4 Å². The van der Waals surface area contributed by atoms with Crippen LogP contribution in [0.5, 0.6) is 0 Å². The summed E-state index contributed by atoms with van der Waals surface area (Å²) in [6, 6.07) is 7.34. The van der Waals surface area contributed by atoms with Gasteiger partial charge in [0.05, 0.1) is 17.5 Å². The average Bonchev–Trinajstić information content (AvgIpc) is 2.94. The summed E-state index contributed by atoms with van der Waals surface area (Å²) >= 11 is 1.56. The zero-order valence-electron chi connectivity index (χ0n) is 12.9. The summed E-state index contributed by atoms with van der Waals surface area (Å²) < 4.78 is 2.04. The van der Waals surface area contributed by atoms with Crippen molar-refractivity contribution in [1.82, 2.24) is 24.5 Å². The summed E-state index contributed by atoms with van der Waals surface area (Å²) in [6.45, 7) is 4.48. The minimum absolute atomic E-state index is 0.00696. The molecule has 0 spiro atoms. The van der Waals surface area contributed by atoms with Crippen LogP contribution >= 0.6 is 11.8 Å². The number of nitrogens with zero attached hydrogens (tertiary/aromatic N) is 4. The Labute approximate surface area is 138 Å². The fraction of sp³-hybridized carbons (Fsp3) is 0.250. The lowest BCUT2D eigenvalue weighted by Gasteiger charge is -2.12. The van der Waals surface area contributed by atoms with Gasteiger partial charge in [-0.3, -0.25) is 9.78 Å². The molecule has 7 heteroatoms. The fourth-order valence-electron chi connectivity index (χ4n) is 2.21. The zero-order chi connectivity index (χ0) is 16.2. The van der Waals surface area contributed by atoms with Crippen LogP contribution in [0, 0.1) is 6.92 Å². The van der Waals surface area contributed by atoms with Crippen molar-refractivity contribution in [2.24, 2.45) is 0 Å². The van der Waals surface area contributed by atoms with E-state index in [9.17, 15) is 4.79 Å². The highest BCUT2D eigenvalue weighted by atomic mass is 32.2. The minimum atomic E-state index is -0.128.